The minimum absolute atomic E-state index is 0.146. The maximum Gasteiger partial charge on any atom is 0.248 e. The molecule has 1 aromatic carbocycles. The van der Waals surface area contributed by atoms with E-state index in [4.69, 9.17) is 13.9 Å². The van der Waals surface area contributed by atoms with Crippen molar-refractivity contribution in [2.24, 2.45) is 0 Å². The third-order valence-corrected chi connectivity index (χ3v) is 3.80. The normalized spacial score (nSPS) is 15.9. The van der Waals surface area contributed by atoms with Crippen LogP contribution < -0.4 is 14.8 Å². The fourth-order valence-corrected chi connectivity index (χ4v) is 2.62. The zero-order chi connectivity index (χ0) is 17.8. The van der Waals surface area contributed by atoms with Crippen LogP contribution in [0.15, 0.2) is 65.5 Å². The summed E-state index contributed by atoms with van der Waals surface area (Å²) < 4.78 is 18.5. The second-order valence-electron chi connectivity index (χ2n) is 5.79. The van der Waals surface area contributed by atoms with Crippen LogP contribution in [0.4, 0.5) is 5.69 Å². The lowest BCUT2D eigenvalue weighted by Gasteiger charge is -2.26. The highest BCUT2D eigenvalue weighted by atomic mass is 16.6. The number of aromatic nitrogens is 2. The zero-order valence-electron chi connectivity index (χ0n) is 13.9. The van der Waals surface area contributed by atoms with E-state index in [1.807, 2.05) is 24.3 Å². The van der Waals surface area contributed by atoms with Gasteiger partial charge in [0.15, 0.2) is 17.6 Å². The van der Waals surface area contributed by atoms with Crippen LogP contribution in [-0.4, -0.2) is 28.4 Å². The second-order valence-corrected chi connectivity index (χ2v) is 5.79. The SMILES string of the molecule is O=C(/C=C/c1ccco1)Nc1cnn(C[C@@H]2COc3ccccc3O2)c1. The summed E-state index contributed by atoms with van der Waals surface area (Å²) in [5.74, 6) is 1.84. The Morgan fingerprint density at radius 1 is 1.27 bits per heavy atom. The van der Waals surface area contributed by atoms with Crippen LogP contribution in [-0.2, 0) is 11.3 Å². The van der Waals surface area contributed by atoms with Crippen molar-refractivity contribution in [2.75, 3.05) is 11.9 Å². The number of nitrogens with one attached hydrogen (secondary N) is 1. The molecule has 1 atom stereocenters. The number of nitrogens with zero attached hydrogens (tertiary/aromatic N) is 2. The Balaban J connectivity index is 1.33. The van der Waals surface area contributed by atoms with Gasteiger partial charge < -0.3 is 19.2 Å². The van der Waals surface area contributed by atoms with E-state index in [0.717, 1.165) is 11.5 Å². The number of anilines is 1. The molecule has 1 aliphatic rings. The van der Waals surface area contributed by atoms with Gasteiger partial charge in [-0.15, -0.1) is 0 Å². The standard InChI is InChI=1S/C19H17N3O4/c23-19(8-7-15-4-3-9-24-15)21-14-10-20-22(11-14)12-16-13-25-17-5-1-2-6-18(17)26-16/h1-11,16H,12-13H2,(H,21,23)/b8-7+/t16-/m1/s1. The van der Waals surface area contributed by atoms with E-state index >= 15 is 0 Å². The van der Waals surface area contributed by atoms with Gasteiger partial charge in [0, 0.05) is 12.3 Å². The Labute approximate surface area is 149 Å². The van der Waals surface area contributed by atoms with Crippen molar-refractivity contribution < 1.29 is 18.7 Å². The van der Waals surface area contributed by atoms with E-state index in [2.05, 4.69) is 10.4 Å². The predicted molar refractivity (Wildman–Crippen MR) is 95.0 cm³/mol. The Kier molecular flexibility index (Phi) is 4.42. The maximum atomic E-state index is 11.9. The first-order valence-corrected chi connectivity index (χ1v) is 8.20. The molecule has 132 valence electrons. The molecule has 1 N–H and O–H groups in total. The number of para-hydroxylation sites is 2. The van der Waals surface area contributed by atoms with E-state index in [0.29, 0.717) is 24.6 Å². The first-order chi connectivity index (χ1) is 12.8. The van der Waals surface area contributed by atoms with Crippen LogP contribution in [0.1, 0.15) is 5.76 Å². The van der Waals surface area contributed by atoms with Gasteiger partial charge in [0.25, 0.3) is 0 Å². The van der Waals surface area contributed by atoms with Gasteiger partial charge in [0.2, 0.25) is 5.91 Å². The number of amides is 1. The van der Waals surface area contributed by atoms with Crippen LogP contribution >= 0.6 is 0 Å². The van der Waals surface area contributed by atoms with Gasteiger partial charge in [-0.2, -0.15) is 5.10 Å². The molecule has 0 bridgehead atoms. The summed E-state index contributed by atoms with van der Waals surface area (Å²) in [4.78, 5) is 11.9. The maximum absolute atomic E-state index is 11.9. The molecule has 0 aliphatic carbocycles. The molecular weight excluding hydrogens is 334 g/mol. The van der Waals surface area contributed by atoms with Crippen LogP contribution in [0, 0.1) is 0 Å². The summed E-state index contributed by atoms with van der Waals surface area (Å²) >= 11 is 0. The van der Waals surface area contributed by atoms with Crippen LogP contribution in [0.25, 0.3) is 6.08 Å². The van der Waals surface area contributed by atoms with E-state index in [1.165, 1.54) is 6.08 Å². The van der Waals surface area contributed by atoms with E-state index < -0.39 is 0 Å². The number of carbonyl (C=O) groups is 1. The Morgan fingerprint density at radius 3 is 3.00 bits per heavy atom. The number of furan rings is 1. The average Bonchev–Trinajstić information content (AvgIpc) is 3.32. The van der Waals surface area contributed by atoms with Crippen molar-refractivity contribution in [2.45, 2.75) is 12.6 Å². The molecule has 3 aromatic rings. The molecule has 0 saturated heterocycles. The molecule has 2 aromatic heterocycles. The Hall–Kier alpha value is -3.48. The quantitative estimate of drug-likeness (QED) is 0.715. The molecule has 3 heterocycles. The largest absolute Gasteiger partial charge is 0.486 e. The van der Waals surface area contributed by atoms with Gasteiger partial charge in [-0.25, -0.2) is 0 Å². The summed E-state index contributed by atoms with van der Waals surface area (Å²) in [5.41, 5.74) is 0.608. The number of fused-ring (bicyclic) bond motifs is 1. The number of carbonyl (C=O) groups excluding carboxylic acids is 1. The predicted octanol–water partition coefficient (Wildman–Crippen LogP) is 2.97. The van der Waals surface area contributed by atoms with E-state index in [9.17, 15) is 4.79 Å². The van der Waals surface area contributed by atoms with Crippen molar-refractivity contribution in [3.8, 4) is 11.5 Å². The molecule has 0 unspecified atom stereocenters. The molecule has 0 fully saturated rings. The monoisotopic (exact) mass is 351 g/mol. The molecule has 0 radical (unpaired) electrons. The van der Waals surface area contributed by atoms with Crippen molar-refractivity contribution in [1.29, 1.82) is 0 Å². The lowest BCUT2D eigenvalue weighted by molar-refractivity contribution is -0.111. The lowest BCUT2D eigenvalue weighted by Crippen LogP contribution is -2.33. The Morgan fingerprint density at radius 2 is 2.15 bits per heavy atom. The minimum atomic E-state index is -0.257. The van der Waals surface area contributed by atoms with Crippen LogP contribution in [0.3, 0.4) is 0 Å². The van der Waals surface area contributed by atoms with Crippen molar-refractivity contribution >= 4 is 17.7 Å². The second kappa shape index (κ2) is 7.18. The molecule has 4 rings (SSSR count). The number of benzene rings is 1. The first kappa shape index (κ1) is 16.0. The van der Waals surface area contributed by atoms with E-state index in [1.54, 1.807) is 41.5 Å². The van der Waals surface area contributed by atoms with Crippen molar-refractivity contribution in [1.82, 2.24) is 9.78 Å². The topological polar surface area (TPSA) is 78.5 Å². The zero-order valence-corrected chi connectivity index (χ0v) is 13.9. The van der Waals surface area contributed by atoms with Crippen LogP contribution in [0.5, 0.6) is 11.5 Å². The summed E-state index contributed by atoms with van der Waals surface area (Å²) in [6.45, 7) is 0.969. The highest BCUT2D eigenvalue weighted by Gasteiger charge is 2.21. The molecular formula is C19H17N3O4. The highest BCUT2D eigenvalue weighted by molar-refractivity contribution is 6.01. The molecule has 7 heteroatoms. The third kappa shape index (κ3) is 3.77. The van der Waals surface area contributed by atoms with Crippen molar-refractivity contribution in [3.63, 3.8) is 0 Å². The number of rotatable bonds is 5. The highest BCUT2D eigenvalue weighted by Crippen LogP contribution is 2.31. The van der Waals surface area contributed by atoms with Gasteiger partial charge in [-0.1, -0.05) is 12.1 Å². The number of hydrogen-bond acceptors (Lipinski definition) is 5. The summed E-state index contributed by atoms with van der Waals surface area (Å²) in [6, 6.07) is 11.1. The number of hydrogen-bond donors (Lipinski definition) is 1. The minimum Gasteiger partial charge on any atom is -0.486 e. The summed E-state index contributed by atoms with van der Waals surface area (Å²) in [6.07, 6.45) is 7.76. The molecule has 0 saturated carbocycles. The average molecular weight is 351 g/mol. The molecule has 0 spiro atoms. The fourth-order valence-electron chi connectivity index (χ4n) is 2.62. The third-order valence-electron chi connectivity index (χ3n) is 3.80. The van der Waals surface area contributed by atoms with Gasteiger partial charge in [0.05, 0.1) is 24.7 Å². The smallest absolute Gasteiger partial charge is 0.248 e. The number of ether oxygens (including phenoxy) is 2. The molecule has 1 amide bonds. The van der Waals surface area contributed by atoms with Gasteiger partial charge in [-0.05, 0) is 30.3 Å². The van der Waals surface area contributed by atoms with Gasteiger partial charge in [0.1, 0.15) is 12.4 Å². The summed E-state index contributed by atoms with van der Waals surface area (Å²) in [5, 5.41) is 7.01. The van der Waals surface area contributed by atoms with Gasteiger partial charge >= 0.3 is 0 Å². The molecule has 1 aliphatic heterocycles. The van der Waals surface area contributed by atoms with Gasteiger partial charge in [-0.3, -0.25) is 9.48 Å². The first-order valence-electron chi connectivity index (χ1n) is 8.20. The van der Waals surface area contributed by atoms with Crippen LogP contribution in [0.2, 0.25) is 0 Å². The molecule has 7 nitrogen and oxygen atoms in total. The summed E-state index contributed by atoms with van der Waals surface area (Å²) in [7, 11) is 0. The Bertz CT molecular complexity index is 915. The fraction of sp³-hybridized carbons (Fsp3) is 0.158. The lowest BCUT2D eigenvalue weighted by atomic mass is 10.2. The van der Waals surface area contributed by atoms with E-state index in [-0.39, 0.29) is 12.0 Å². The van der Waals surface area contributed by atoms with Crippen molar-refractivity contribution in [3.05, 3.63) is 66.9 Å². The molecule has 26 heavy (non-hydrogen) atoms.